The lowest BCUT2D eigenvalue weighted by Crippen LogP contribution is -1.92. The number of hydrogen-bond donors (Lipinski definition) is 0. The van der Waals surface area contributed by atoms with Crippen molar-refractivity contribution in [1.82, 2.24) is 9.38 Å². The predicted octanol–water partition coefficient (Wildman–Crippen LogP) is 4.95. The second-order valence-electron chi connectivity index (χ2n) is 4.58. The first-order valence-electron chi connectivity index (χ1n) is 6.09. The fourth-order valence-electron chi connectivity index (χ4n) is 2.18. The van der Waals surface area contributed by atoms with Gasteiger partial charge in [0.2, 0.25) is 0 Å². The lowest BCUT2D eigenvalue weighted by molar-refractivity contribution is 0.628. The fourth-order valence-corrected chi connectivity index (χ4v) is 2.75. The highest BCUT2D eigenvalue weighted by Crippen LogP contribution is 2.28. The maximum atomic E-state index is 13.0. The van der Waals surface area contributed by atoms with Gasteiger partial charge in [-0.2, -0.15) is 0 Å². The molecule has 5 heteroatoms. The lowest BCUT2D eigenvalue weighted by Gasteiger charge is -2.03. The Kier molecular flexibility index (Phi) is 3.52. The van der Waals surface area contributed by atoms with E-state index in [0.717, 1.165) is 32.6 Å². The van der Waals surface area contributed by atoms with Crippen molar-refractivity contribution < 1.29 is 4.39 Å². The molecule has 0 amide bonds. The van der Waals surface area contributed by atoms with Crippen LogP contribution in [0.4, 0.5) is 4.39 Å². The van der Waals surface area contributed by atoms with Crippen LogP contribution in [0.15, 0.2) is 41.0 Å². The summed E-state index contributed by atoms with van der Waals surface area (Å²) in [6.45, 7) is 2.01. The van der Waals surface area contributed by atoms with E-state index in [0.29, 0.717) is 5.88 Å². The van der Waals surface area contributed by atoms with Gasteiger partial charge in [0.05, 0.1) is 17.3 Å². The average molecular weight is 354 g/mol. The molecule has 0 saturated carbocycles. The average Bonchev–Trinajstić information content (AvgIpc) is 2.78. The molecule has 0 unspecified atom stereocenters. The molecule has 2 aromatic heterocycles. The van der Waals surface area contributed by atoms with Crippen LogP contribution in [0.5, 0.6) is 0 Å². The summed E-state index contributed by atoms with van der Waals surface area (Å²) < 4.78 is 16.0. The van der Waals surface area contributed by atoms with Gasteiger partial charge in [-0.05, 0) is 58.7 Å². The summed E-state index contributed by atoms with van der Waals surface area (Å²) in [7, 11) is 0. The maximum absolute atomic E-state index is 13.0. The second-order valence-corrected chi connectivity index (χ2v) is 5.70. The van der Waals surface area contributed by atoms with Crippen LogP contribution in [0.1, 0.15) is 11.3 Å². The maximum Gasteiger partial charge on any atom is 0.138 e. The number of pyridine rings is 1. The SMILES string of the molecule is Cc1cc2nc(-c3ccc(F)cc3)c(CCl)n2cc1Br. The number of fused-ring (bicyclic) bond motifs is 1. The van der Waals surface area contributed by atoms with Gasteiger partial charge >= 0.3 is 0 Å². The third-order valence-electron chi connectivity index (χ3n) is 3.25. The van der Waals surface area contributed by atoms with Crippen LogP contribution >= 0.6 is 27.5 Å². The normalized spacial score (nSPS) is 11.2. The summed E-state index contributed by atoms with van der Waals surface area (Å²) in [5, 5.41) is 0. The van der Waals surface area contributed by atoms with Crippen molar-refractivity contribution in [3.63, 3.8) is 0 Å². The lowest BCUT2D eigenvalue weighted by atomic mass is 10.1. The summed E-state index contributed by atoms with van der Waals surface area (Å²) in [5.41, 5.74) is 4.49. The number of benzene rings is 1. The van der Waals surface area contributed by atoms with E-state index in [4.69, 9.17) is 11.6 Å². The van der Waals surface area contributed by atoms with Gasteiger partial charge in [0.15, 0.2) is 0 Å². The quantitative estimate of drug-likeness (QED) is 0.596. The number of aryl methyl sites for hydroxylation is 1. The van der Waals surface area contributed by atoms with Gasteiger partial charge < -0.3 is 4.40 Å². The third-order valence-corrected chi connectivity index (χ3v) is 4.33. The van der Waals surface area contributed by atoms with Gasteiger partial charge in [0.1, 0.15) is 11.5 Å². The molecule has 0 fully saturated rings. The molecular weight excluding hydrogens is 343 g/mol. The highest BCUT2D eigenvalue weighted by Gasteiger charge is 2.14. The Morgan fingerprint density at radius 2 is 2.00 bits per heavy atom. The standard InChI is InChI=1S/C15H11BrClFN2/c1-9-6-14-19-15(10-2-4-11(18)5-3-10)13(7-17)20(14)8-12(9)16/h2-6,8H,7H2,1H3. The first kappa shape index (κ1) is 13.6. The highest BCUT2D eigenvalue weighted by molar-refractivity contribution is 9.10. The van der Waals surface area contributed by atoms with Crippen LogP contribution in [0.2, 0.25) is 0 Å². The molecule has 3 aromatic rings. The molecule has 0 radical (unpaired) electrons. The first-order valence-corrected chi connectivity index (χ1v) is 7.42. The zero-order valence-electron chi connectivity index (χ0n) is 10.7. The highest BCUT2D eigenvalue weighted by atomic mass is 79.9. The first-order chi connectivity index (χ1) is 9.60. The number of rotatable bonds is 2. The Balaban J connectivity index is 2.27. The van der Waals surface area contributed by atoms with Crippen molar-refractivity contribution in [2.45, 2.75) is 12.8 Å². The van der Waals surface area contributed by atoms with Crippen LogP contribution in [-0.4, -0.2) is 9.38 Å². The van der Waals surface area contributed by atoms with Gasteiger partial charge in [-0.3, -0.25) is 0 Å². The summed E-state index contributed by atoms with van der Waals surface area (Å²) in [6, 6.07) is 8.29. The minimum Gasteiger partial charge on any atom is -0.301 e. The van der Waals surface area contributed by atoms with Gasteiger partial charge in [0, 0.05) is 16.2 Å². The molecule has 0 aliphatic rings. The number of alkyl halides is 1. The monoisotopic (exact) mass is 352 g/mol. The fraction of sp³-hybridized carbons (Fsp3) is 0.133. The van der Waals surface area contributed by atoms with Crippen LogP contribution in [-0.2, 0) is 5.88 Å². The van der Waals surface area contributed by atoms with E-state index in [2.05, 4.69) is 20.9 Å². The van der Waals surface area contributed by atoms with Gasteiger partial charge in [-0.1, -0.05) is 0 Å². The van der Waals surface area contributed by atoms with E-state index < -0.39 is 0 Å². The molecule has 20 heavy (non-hydrogen) atoms. The van der Waals surface area contributed by atoms with Gasteiger partial charge in [0.25, 0.3) is 0 Å². The molecule has 1 aromatic carbocycles. The summed E-state index contributed by atoms with van der Waals surface area (Å²) in [5.74, 6) is 0.0761. The topological polar surface area (TPSA) is 17.3 Å². The minimum absolute atomic E-state index is 0.261. The molecule has 0 bridgehead atoms. The van der Waals surface area contributed by atoms with Crippen molar-refractivity contribution in [3.8, 4) is 11.3 Å². The number of halogens is 3. The molecular formula is C15H11BrClFN2. The van der Waals surface area contributed by atoms with E-state index in [-0.39, 0.29) is 5.82 Å². The molecule has 2 heterocycles. The summed E-state index contributed by atoms with van der Waals surface area (Å²) >= 11 is 9.59. The minimum atomic E-state index is -0.261. The Labute approximate surface area is 129 Å². The van der Waals surface area contributed by atoms with Crippen LogP contribution in [0, 0.1) is 12.7 Å². The Bertz CT molecular complexity index is 781. The van der Waals surface area contributed by atoms with Crippen molar-refractivity contribution in [3.05, 3.63) is 58.1 Å². The van der Waals surface area contributed by atoms with Crippen molar-refractivity contribution in [2.75, 3.05) is 0 Å². The van der Waals surface area contributed by atoms with E-state index >= 15 is 0 Å². The number of hydrogen-bond acceptors (Lipinski definition) is 1. The smallest absolute Gasteiger partial charge is 0.138 e. The Hall–Kier alpha value is -1.39. The van der Waals surface area contributed by atoms with Crippen LogP contribution in [0.25, 0.3) is 16.9 Å². The van der Waals surface area contributed by atoms with Crippen LogP contribution < -0.4 is 0 Å². The number of nitrogens with zero attached hydrogens (tertiary/aromatic N) is 2. The van der Waals surface area contributed by atoms with Crippen molar-refractivity contribution in [2.24, 2.45) is 0 Å². The summed E-state index contributed by atoms with van der Waals surface area (Å²) in [4.78, 5) is 4.62. The van der Waals surface area contributed by atoms with Gasteiger partial charge in [-0.15, -0.1) is 11.6 Å². The molecule has 0 spiro atoms. The molecule has 0 aliphatic carbocycles. The molecule has 0 saturated heterocycles. The predicted molar refractivity (Wildman–Crippen MR) is 82.6 cm³/mol. The zero-order chi connectivity index (χ0) is 14.3. The largest absolute Gasteiger partial charge is 0.301 e. The Morgan fingerprint density at radius 3 is 2.65 bits per heavy atom. The molecule has 0 aliphatic heterocycles. The number of imidazole rings is 1. The Morgan fingerprint density at radius 1 is 1.30 bits per heavy atom. The molecule has 0 atom stereocenters. The summed E-state index contributed by atoms with van der Waals surface area (Å²) in [6.07, 6.45) is 1.96. The molecule has 102 valence electrons. The third kappa shape index (κ3) is 2.23. The zero-order valence-corrected chi connectivity index (χ0v) is 13.0. The van der Waals surface area contributed by atoms with E-state index in [9.17, 15) is 4.39 Å². The van der Waals surface area contributed by atoms with E-state index in [1.54, 1.807) is 12.1 Å². The second kappa shape index (κ2) is 5.19. The molecule has 3 rings (SSSR count). The van der Waals surface area contributed by atoms with Gasteiger partial charge in [-0.25, -0.2) is 9.37 Å². The molecule has 2 nitrogen and oxygen atoms in total. The number of aromatic nitrogens is 2. The van der Waals surface area contributed by atoms with E-state index in [1.165, 1.54) is 12.1 Å². The van der Waals surface area contributed by atoms with Crippen LogP contribution in [0.3, 0.4) is 0 Å². The van der Waals surface area contributed by atoms with Crippen molar-refractivity contribution in [1.29, 1.82) is 0 Å². The van der Waals surface area contributed by atoms with E-state index in [1.807, 2.05) is 23.6 Å². The van der Waals surface area contributed by atoms with Crippen molar-refractivity contribution >= 4 is 33.2 Å². The molecule has 0 N–H and O–H groups in total.